The maximum Gasteiger partial charge on any atom is 0.150 e. The first kappa shape index (κ1) is 11.7. The Morgan fingerprint density at radius 2 is 2.17 bits per heavy atom. The zero-order valence-corrected chi connectivity index (χ0v) is 10.7. The Morgan fingerprint density at radius 3 is 2.83 bits per heavy atom. The van der Waals surface area contributed by atoms with Crippen LogP contribution in [0.3, 0.4) is 0 Å². The molecule has 1 saturated heterocycles. The fourth-order valence-corrected chi connectivity index (χ4v) is 3.44. The Morgan fingerprint density at radius 1 is 1.33 bits per heavy atom. The SMILES string of the molecule is Cc1cc(N2CC3CCC(O)C3C2)ccc1C=O. The lowest BCUT2D eigenvalue weighted by atomic mass is 10.00. The van der Waals surface area contributed by atoms with Gasteiger partial charge in [-0.2, -0.15) is 0 Å². The highest BCUT2D eigenvalue weighted by atomic mass is 16.3. The van der Waals surface area contributed by atoms with Gasteiger partial charge in [0.2, 0.25) is 0 Å². The first-order chi connectivity index (χ1) is 8.69. The molecule has 0 spiro atoms. The second-order valence-corrected chi connectivity index (χ2v) is 5.63. The maximum atomic E-state index is 10.8. The van der Waals surface area contributed by atoms with Crippen LogP contribution in [0.1, 0.15) is 28.8 Å². The Balaban J connectivity index is 1.81. The molecular weight excluding hydrogens is 226 g/mol. The number of carbonyl (C=O) groups is 1. The summed E-state index contributed by atoms with van der Waals surface area (Å²) < 4.78 is 0. The van der Waals surface area contributed by atoms with Crippen molar-refractivity contribution in [1.82, 2.24) is 0 Å². The Bertz CT molecular complexity index is 472. The zero-order chi connectivity index (χ0) is 12.7. The molecule has 1 aliphatic heterocycles. The summed E-state index contributed by atoms with van der Waals surface area (Å²) in [6.07, 6.45) is 2.90. The van der Waals surface area contributed by atoms with Crippen molar-refractivity contribution in [1.29, 1.82) is 0 Å². The van der Waals surface area contributed by atoms with Crippen molar-refractivity contribution >= 4 is 12.0 Å². The Labute approximate surface area is 107 Å². The third kappa shape index (κ3) is 1.83. The molecule has 0 radical (unpaired) electrons. The van der Waals surface area contributed by atoms with Gasteiger partial charge in [0, 0.05) is 30.3 Å². The number of carbonyl (C=O) groups excluding carboxylic acids is 1. The lowest BCUT2D eigenvalue weighted by Gasteiger charge is -2.21. The topological polar surface area (TPSA) is 40.5 Å². The second kappa shape index (κ2) is 4.39. The van der Waals surface area contributed by atoms with Crippen molar-refractivity contribution in [2.75, 3.05) is 18.0 Å². The molecule has 1 saturated carbocycles. The van der Waals surface area contributed by atoms with E-state index < -0.39 is 0 Å². The number of aldehydes is 1. The molecule has 3 nitrogen and oxygen atoms in total. The fraction of sp³-hybridized carbons (Fsp3) is 0.533. The number of rotatable bonds is 2. The van der Waals surface area contributed by atoms with Crippen molar-refractivity contribution in [2.45, 2.75) is 25.9 Å². The monoisotopic (exact) mass is 245 g/mol. The summed E-state index contributed by atoms with van der Waals surface area (Å²) in [6, 6.07) is 5.99. The molecule has 2 aliphatic rings. The number of benzene rings is 1. The van der Waals surface area contributed by atoms with Crippen LogP contribution in [-0.2, 0) is 0 Å². The third-order valence-electron chi connectivity index (χ3n) is 4.56. The van der Waals surface area contributed by atoms with Crippen LogP contribution in [0.5, 0.6) is 0 Å². The second-order valence-electron chi connectivity index (χ2n) is 5.63. The van der Waals surface area contributed by atoms with Crippen molar-refractivity contribution in [3.8, 4) is 0 Å². The van der Waals surface area contributed by atoms with Gasteiger partial charge in [0.05, 0.1) is 6.10 Å². The summed E-state index contributed by atoms with van der Waals surface area (Å²) in [5.74, 6) is 1.09. The maximum absolute atomic E-state index is 10.8. The van der Waals surface area contributed by atoms with E-state index in [4.69, 9.17) is 0 Å². The summed E-state index contributed by atoms with van der Waals surface area (Å²) in [5.41, 5.74) is 2.97. The molecule has 1 aliphatic carbocycles. The summed E-state index contributed by atoms with van der Waals surface area (Å²) in [5, 5.41) is 9.93. The van der Waals surface area contributed by atoms with Gasteiger partial charge < -0.3 is 10.0 Å². The summed E-state index contributed by atoms with van der Waals surface area (Å²) >= 11 is 0. The van der Waals surface area contributed by atoms with Gasteiger partial charge in [-0.25, -0.2) is 0 Å². The Hall–Kier alpha value is -1.35. The highest BCUT2D eigenvalue weighted by Gasteiger charge is 2.41. The number of aliphatic hydroxyl groups excluding tert-OH is 1. The highest BCUT2D eigenvalue weighted by Crippen LogP contribution is 2.39. The van der Waals surface area contributed by atoms with Crippen LogP contribution in [0.15, 0.2) is 18.2 Å². The normalized spacial score (nSPS) is 30.6. The van der Waals surface area contributed by atoms with Crippen molar-refractivity contribution in [2.24, 2.45) is 11.8 Å². The van der Waals surface area contributed by atoms with E-state index >= 15 is 0 Å². The molecule has 2 fully saturated rings. The lowest BCUT2D eigenvalue weighted by molar-refractivity contribution is 0.112. The predicted molar refractivity (Wildman–Crippen MR) is 71.0 cm³/mol. The standard InChI is InChI=1S/C15H19NO2/c1-10-6-13(4-2-12(10)9-17)16-7-11-3-5-15(18)14(11)8-16/h2,4,6,9,11,14-15,18H,3,5,7-8H2,1H3. The van der Waals surface area contributed by atoms with Gasteiger partial charge >= 0.3 is 0 Å². The van der Waals surface area contributed by atoms with Crippen LogP contribution in [0, 0.1) is 18.8 Å². The minimum atomic E-state index is -0.115. The molecular formula is C15H19NO2. The van der Waals surface area contributed by atoms with Gasteiger partial charge in [0.25, 0.3) is 0 Å². The molecule has 1 aromatic rings. The zero-order valence-electron chi connectivity index (χ0n) is 10.7. The number of hydrogen-bond donors (Lipinski definition) is 1. The molecule has 3 rings (SSSR count). The molecule has 3 atom stereocenters. The molecule has 18 heavy (non-hydrogen) atoms. The fourth-order valence-electron chi connectivity index (χ4n) is 3.44. The van der Waals surface area contributed by atoms with Gasteiger partial charge in [-0.05, 0) is 49.4 Å². The lowest BCUT2D eigenvalue weighted by Crippen LogP contribution is -2.24. The third-order valence-corrected chi connectivity index (χ3v) is 4.56. The van der Waals surface area contributed by atoms with Crippen LogP contribution < -0.4 is 4.90 Å². The predicted octanol–water partition coefficient (Wildman–Crippen LogP) is 2.01. The van der Waals surface area contributed by atoms with Crippen LogP contribution in [-0.4, -0.2) is 30.6 Å². The quantitative estimate of drug-likeness (QED) is 0.810. The minimum Gasteiger partial charge on any atom is -0.393 e. The molecule has 0 amide bonds. The van der Waals surface area contributed by atoms with E-state index in [0.717, 1.165) is 43.3 Å². The van der Waals surface area contributed by atoms with Crippen molar-refractivity contribution in [3.05, 3.63) is 29.3 Å². The molecule has 3 heteroatoms. The van der Waals surface area contributed by atoms with Crippen molar-refractivity contribution < 1.29 is 9.90 Å². The molecule has 3 unspecified atom stereocenters. The largest absolute Gasteiger partial charge is 0.393 e. The molecule has 0 bridgehead atoms. The van der Waals surface area contributed by atoms with Crippen LogP contribution >= 0.6 is 0 Å². The van der Waals surface area contributed by atoms with E-state index in [9.17, 15) is 9.90 Å². The van der Waals surface area contributed by atoms with Crippen molar-refractivity contribution in [3.63, 3.8) is 0 Å². The van der Waals surface area contributed by atoms with E-state index in [0.29, 0.717) is 11.8 Å². The van der Waals surface area contributed by atoms with E-state index in [1.54, 1.807) is 0 Å². The van der Waals surface area contributed by atoms with Crippen LogP contribution in [0.4, 0.5) is 5.69 Å². The molecule has 0 aromatic heterocycles. The average molecular weight is 245 g/mol. The molecule has 96 valence electrons. The van der Waals surface area contributed by atoms with Gasteiger partial charge in [0.1, 0.15) is 6.29 Å². The number of fused-ring (bicyclic) bond motifs is 1. The summed E-state index contributed by atoms with van der Waals surface area (Å²) in [4.78, 5) is 13.2. The van der Waals surface area contributed by atoms with Gasteiger partial charge in [-0.3, -0.25) is 4.79 Å². The minimum absolute atomic E-state index is 0.115. The van der Waals surface area contributed by atoms with E-state index in [-0.39, 0.29) is 6.10 Å². The van der Waals surface area contributed by atoms with Gasteiger partial charge in [0.15, 0.2) is 0 Å². The average Bonchev–Trinajstić information content (AvgIpc) is 2.92. The van der Waals surface area contributed by atoms with E-state index in [1.807, 2.05) is 19.1 Å². The number of hydrogen-bond acceptors (Lipinski definition) is 3. The molecule has 1 aromatic carbocycles. The first-order valence-corrected chi connectivity index (χ1v) is 6.68. The van der Waals surface area contributed by atoms with Gasteiger partial charge in [-0.1, -0.05) is 0 Å². The highest BCUT2D eigenvalue weighted by molar-refractivity contribution is 5.78. The van der Waals surface area contributed by atoms with Crippen LogP contribution in [0.25, 0.3) is 0 Å². The summed E-state index contributed by atoms with van der Waals surface area (Å²) in [6.45, 7) is 3.96. The van der Waals surface area contributed by atoms with Gasteiger partial charge in [-0.15, -0.1) is 0 Å². The first-order valence-electron chi connectivity index (χ1n) is 6.68. The number of aryl methyl sites for hydroxylation is 1. The van der Waals surface area contributed by atoms with Crippen LogP contribution in [0.2, 0.25) is 0 Å². The number of aliphatic hydroxyl groups is 1. The summed E-state index contributed by atoms with van der Waals surface area (Å²) in [7, 11) is 0. The molecule has 1 N–H and O–H groups in total. The number of anilines is 1. The van der Waals surface area contributed by atoms with E-state index in [1.165, 1.54) is 5.69 Å². The molecule has 1 heterocycles. The Kier molecular flexibility index (Phi) is 2.86. The smallest absolute Gasteiger partial charge is 0.150 e. The van der Waals surface area contributed by atoms with E-state index in [2.05, 4.69) is 11.0 Å². The number of nitrogens with zero attached hydrogens (tertiary/aromatic N) is 1.